The van der Waals surface area contributed by atoms with Crippen molar-refractivity contribution in [1.29, 1.82) is 0 Å². The molecule has 2 rings (SSSR count). The van der Waals surface area contributed by atoms with Crippen molar-refractivity contribution in [1.82, 2.24) is 4.90 Å². The standard InChI is InChI=1S/C11H16N2O6S2/c1-18-11(15)8-3-2-4-12(8)10(14)7-5-20-21-6-9(7)19-13(16)17/h7-9H,2-6H2,1H3. The molecule has 21 heavy (non-hydrogen) atoms. The third-order valence-corrected chi connectivity index (χ3v) is 6.00. The number of rotatable bonds is 4. The van der Waals surface area contributed by atoms with Crippen LogP contribution in [0, 0.1) is 16.0 Å². The van der Waals surface area contributed by atoms with E-state index in [1.165, 1.54) is 33.6 Å². The van der Waals surface area contributed by atoms with Crippen LogP contribution in [0.5, 0.6) is 0 Å². The Morgan fingerprint density at radius 1 is 1.33 bits per heavy atom. The van der Waals surface area contributed by atoms with E-state index in [-0.39, 0.29) is 5.91 Å². The molecule has 0 saturated carbocycles. The van der Waals surface area contributed by atoms with Crippen molar-refractivity contribution in [3.8, 4) is 0 Å². The number of carbonyl (C=O) groups is 2. The lowest BCUT2D eigenvalue weighted by Gasteiger charge is -2.32. The quantitative estimate of drug-likeness (QED) is 0.321. The summed E-state index contributed by atoms with van der Waals surface area (Å²) in [4.78, 5) is 41.0. The zero-order valence-electron chi connectivity index (χ0n) is 11.4. The second kappa shape index (κ2) is 7.21. The third kappa shape index (κ3) is 3.73. The first kappa shape index (κ1) is 16.2. The van der Waals surface area contributed by atoms with Crippen LogP contribution in [-0.4, -0.2) is 59.2 Å². The van der Waals surface area contributed by atoms with Crippen LogP contribution < -0.4 is 0 Å². The number of methoxy groups -OCH3 is 1. The van der Waals surface area contributed by atoms with Crippen molar-refractivity contribution >= 4 is 33.5 Å². The maximum Gasteiger partial charge on any atom is 0.328 e. The van der Waals surface area contributed by atoms with Crippen LogP contribution in [0.15, 0.2) is 0 Å². The lowest BCUT2D eigenvalue weighted by Crippen LogP contribution is -2.49. The molecule has 2 aliphatic rings. The molecule has 10 heteroatoms. The van der Waals surface area contributed by atoms with Gasteiger partial charge in [0.2, 0.25) is 5.91 Å². The molecule has 2 fully saturated rings. The van der Waals surface area contributed by atoms with E-state index >= 15 is 0 Å². The normalized spacial score (nSPS) is 29.0. The van der Waals surface area contributed by atoms with E-state index in [9.17, 15) is 19.7 Å². The van der Waals surface area contributed by atoms with E-state index < -0.39 is 29.1 Å². The van der Waals surface area contributed by atoms with Crippen molar-refractivity contribution in [3.63, 3.8) is 0 Å². The number of ether oxygens (including phenoxy) is 1. The third-order valence-electron chi connectivity index (χ3n) is 3.56. The Morgan fingerprint density at radius 2 is 2.05 bits per heavy atom. The summed E-state index contributed by atoms with van der Waals surface area (Å²) in [6, 6.07) is -0.585. The Balaban J connectivity index is 2.09. The monoisotopic (exact) mass is 336 g/mol. The summed E-state index contributed by atoms with van der Waals surface area (Å²) in [6.07, 6.45) is 0.520. The number of hydrogen-bond acceptors (Lipinski definition) is 8. The van der Waals surface area contributed by atoms with Crippen LogP contribution in [0.25, 0.3) is 0 Å². The van der Waals surface area contributed by atoms with Crippen LogP contribution in [-0.2, 0) is 19.2 Å². The summed E-state index contributed by atoms with van der Waals surface area (Å²) in [5, 5.41) is 9.69. The first-order valence-corrected chi connectivity index (χ1v) is 8.97. The number of hydrogen-bond donors (Lipinski definition) is 0. The van der Waals surface area contributed by atoms with Gasteiger partial charge >= 0.3 is 5.97 Å². The number of esters is 1. The van der Waals surface area contributed by atoms with Gasteiger partial charge in [0.15, 0.2) is 0 Å². The van der Waals surface area contributed by atoms with Gasteiger partial charge in [-0.15, -0.1) is 10.1 Å². The molecule has 8 nitrogen and oxygen atoms in total. The van der Waals surface area contributed by atoms with Gasteiger partial charge in [-0.1, -0.05) is 21.6 Å². The van der Waals surface area contributed by atoms with Crippen molar-refractivity contribution < 1.29 is 24.3 Å². The highest BCUT2D eigenvalue weighted by Gasteiger charge is 2.42. The first-order chi connectivity index (χ1) is 10.0. The van der Waals surface area contributed by atoms with Crippen molar-refractivity contribution in [2.45, 2.75) is 25.0 Å². The van der Waals surface area contributed by atoms with Gasteiger partial charge in [-0.25, -0.2) is 4.79 Å². The minimum Gasteiger partial charge on any atom is -0.467 e. The minimum atomic E-state index is -0.858. The topological polar surface area (TPSA) is 99.0 Å². The van der Waals surface area contributed by atoms with E-state index in [1.54, 1.807) is 0 Å². The highest BCUT2D eigenvalue weighted by atomic mass is 33.1. The van der Waals surface area contributed by atoms with Gasteiger partial charge in [0.25, 0.3) is 5.09 Å². The van der Waals surface area contributed by atoms with Crippen LogP contribution in [0.4, 0.5) is 0 Å². The van der Waals surface area contributed by atoms with Gasteiger partial charge in [0, 0.05) is 18.1 Å². The van der Waals surface area contributed by atoms with E-state index in [0.717, 1.165) is 6.42 Å². The fourth-order valence-corrected chi connectivity index (χ4v) is 5.07. The van der Waals surface area contributed by atoms with Gasteiger partial charge in [-0.2, -0.15) is 0 Å². The van der Waals surface area contributed by atoms with Gasteiger partial charge < -0.3 is 14.5 Å². The summed E-state index contributed by atoms with van der Waals surface area (Å²) in [5.74, 6) is -0.495. The summed E-state index contributed by atoms with van der Waals surface area (Å²) in [6.45, 7) is 0.470. The maximum absolute atomic E-state index is 12.6. The average molecular weight is 336 g/mol. The molecule has 0 N–H and O–H groups in total. The van der Waals surface area contributed by atoms with Crippen LogP contribution in [0.3, 0.4) is 0 Å². The number of likely N-dealkylation sites (tertiary alicyclic amines) is 1. The largest absolute Gasteiger partial charge is 0.467 e. The van der Waals surface area contributed by atoms with E-state index in [2.05, 4.69) is 4.84 Å². The predicted molar refractivity (Wildman–Crippen MR) is 77.0 cm³/mol. The molecule has 2 heterocycles. The summed E-state index contributed by atoms with van der Waals surface area (Å²) in [5.41, 5.74) is 0. The Hall–Kier alpha value is -1.16. The molecular weight excluding hydrogens is 320 g/mol. The predicted octanol–water partition coefficient (Wildman–Crippen LogP) is 0.738. The zero-order valence-corrected chi connectivity index (χ0v) is 13.1. The van der Waals surface area contributed by atoms with E-state index in [4.69, 9.17) is 4.74 Å². The van der Waals surface area contributed by atoms with Crippen molar-refractivity contribution in [2.24, 2.45) is 5.92 Å². The van der Waals surface area contributed by atoms with Gasteiger partial charge in [0.1, 0.15) is 12.1 Å². The molecule has 0 aromatic heterocycles. The molecule has 3 atom stereocenters. The van der Waals surface area contributed by atoms with Crippen LogP contribution >= 0.6 is 21.6 Å². The Morgan fingerprint density at radius 3 is 2.71 bits per heavy atom. The highest BCUT2D eigenvalue weighted by molar-refractivity contribution is 8.76. The van der Waals surface area contributed by atoms with Crippen LogP contribution in [0.1, 0.15) is 12.8 Å². The molecule has 2 aliphatic heterocycles. The minimum absolute atomic E-state index is 0.262. The summed E-state index contributed by atoms with van der Waals surface area (Å²) < 4.78 is 4.71. The molecule has 0 bridgehead atoms. The molecule has 2 saturated heterocycles. The lowest BCUT2D eigenvalue weighted by molar-refractivity contribution is -0.768. The summed E-state index contributed by atoms with van der Waals surface area (Å²) in [7, 11) is 4.22. The molecule has 0 aromatic carbocycles. The molecule has 0 spiro atoms. The SMILES string of the molecule is COC(=O)C1CCCN1C(=O)C1CSSCC1O[N+](=O)[O-]. The Kier molecular flexibility index (Phi) is 5.57. The smallest absolute Gasteiger partial charge is 0.328 e. The maximum atomic E-state index is 12.6. The van der Waals surface area contributed by atoms with Crippen molar-refractivity contribution in [2.75, 3.05) is 25.2 Å². The van der Waals surface area contributed by atoms with E-state index in [1.807, 2.05) is 0 Å². The first-order valence-electron chi connectivity index (χ1n) is 6.48. The molecule has 1 amide bonds. The second-order valence-electron chi connectivity index (χ2n) is 4.76. The molecule has 3 unspecified atom stereocenters. The van der Waals surface area contributed by atoms with Crippen LogP contribution in [0.2, 0.25) is 0 Å². The fraction of sp³-hybridized carbons (Fsp3) is 0.818. The van der Waals surface area contributed by atoms with Gasteiger partial charge in [-0.05, 0) is 12.8 Å². The summed E-state index contributed by atoms with van der Waals surface area (Å²) >= 11 is 0. The number of nitrogens with zero attached hydrogens (tertiary/aromatic N) is 2. The highest BCUT2D eigenvalue weighted by Crippen LogP contribution is 2.36. The van der Waals surface area contributed by atoms with Gasteiger partial charge in [0.05, 0.1) is 13.0 Å². The number of carbonyl (C=O) groups excluding carboxylic acids is 2. The molecule has 0 aromatic rings. The fourth-order valence-electron chi connectivity index (χ4n) is 2.53. The van der Waals surface area contributed by atoms with Crippen molar-refractivity contribution in [3.05, 3.63) is 10.1 Å². The Bertz CT molecular complexity index is 435. The van der Waals surface area contributed by atoms with Gasteiger partial charge in [-0.3, -0.25) is 4.79 Å². The molecule has 0 radical (unpaired) electrons. The number of amides is 1. The Labute approximate surface area is 129 Å². The lowest BCUT2D eigenvalue weighted by atomic mass is 10.0. The second-order valence-corrected chi connectivity index (χ2v) is 7.31. The van der Waals surface area contributed by atoms with E-state index in [0.29, 0.717) is 24.5 Å². The molecular formula is C11H16N2O6S2. The average Bonchev–Trinajstić information content (AvgIpc) is 2.95. The molecule has 118 valence electrons. The molecule has 0 aliphatic carbocycles. The zero-order chi connectivity index (χ0) is 15.4.